The highest BCUT2D eigenvalue weighted by Crippen LogP contribution is 2.24. The van der Waals surface area contributed by atoms with Crippen molar-refractivity contribution < 1.29 is 9.59 Å². The van der Waals surface area contributed by atoms with Crippen molar-refractivity contribution in [2.24, 2.45) is 11.8 Å². The van der Waals surface area contributed by atoms with E-state index in [0.717, 1.165) is 0 Å². The van der Waals surface area contributed by atoms with Gasteiger partial charge in [-0.15, -0.1) is 0 Å². The summed E-state index contributed by atoms with van der Waals surface area (Å²) in [6.45, 7) is 6.53. The van der Waals surface area contributed by atoms with Gasteiger partial charge in [-0.2, -0.15) is 0 Å². The normalized spacial score (nSPS) is 22.7. The fourth-order valence-electron chi connectivity index (χ4n) is 1.63. The van der Waals surface area contributed by atoms with E-state index < -0.39 is 0 Å². The first kappa shape index (κ1) is 11.0. The fourth-order valence-corrected chi connectivity index (χ4v) is 1.63. The molecule has 0 aromatic rings. The first-order valence-electron chi connectivity index (χ1n) is 5.03. The number of hydrogen-bond acceptors (Lipinski definition) is 2. The predicted octanol–water partition coefficient (Wildman–Crippen LogP) is 1.59. The molecule has 1 saturated heterocycles. The van der Waals surface area contributed by atoms with Crippen LogP contribution in [0.25, 0.3) is 0 Å². The highest BCUT2D eigenvalue weighted by atomic mass is 16.2. The zero-order chi connectivity index (χ0) is 10.7. The summed E-state index contributed by atoms with van der Waals surface area (Å²) in [5.41, 5.74) is 0. The summed E-state index contributed by atoms with van der Waals surface area (Å²) >= 11 is 0. The summed E-state index contributed by atoms with van der Waals surface area (Å²) in [5.74, 6) is 0.575. The SMILES string of the molecule is C/C=C/C(=O)N1CC(C(C)C)CC1=O. The number of nitrogens with zero attached hydrogens (tertiary/aromatic N) is 1. The molecule has 0 aliphatic carbocycles. The van der Waals surface area contributed by atoms with E-state index in [1.165, 1.54) is 11.0 Å². The highest BCUT2D eigenvalue weighted by Gasteiger charge is 2.33. The van der Waals surface area contributed by atoms with Gasteiger partial charge in [0, 0.05) is 13.0 Å². The number of likely N-dealkylation sites (tertiary alicyclic amines) is 1. The molecule has 3 nitrogen and oxygen atoms in total. The second-order valence-corrected chi connectivity index (χ2v) is 4.05. The molecule has 0 aromatic carbocycles. The monoisotopic (exact) mass is 195 g/mol. The summed E-state index contributed by atoms with van der Waals surface area (Å²) in [7, 11) is 0. The zero-order valence-corrected chi connectivity index (χ0v) is 8.99. The summed E-state index contributed by atoms with van der Waals surface area (Å²) in [6.07, 6.45) is 3.62. The van der Waals surface area contributed by atoms with Crippen LogP contribution >= 0.6 is 0 Å². The molecule has 1 fully saturated rings. The first-order valence-corrected chi connectivity index (χ1v) is 5.03. The van der Waals surface area contributed by atoms with Crippen LogP contribution in [0, 0.1) is 11.8 Å². The Bertz CT molecular complexity index is 268. The van der Waals surface area contributed by atoms with E-state index >= 15 is 0 Å². The van der Waals surface area contributed by atoms with Gasteiger partial charge in [-0.3, -0.25) is 14.5 Å². The lowest BCUT2D eigenvalue weighted by atomic mass is 9.95. The van der Waals surface area contributed by atoms with E-state index in [4.69, 9.17) is 0 Å². The fraction of sp³-hybridized carbons (Fsp3) is 0.636. The molecular weight excluding hydrogens is 178 g/mol. The van der Waals surface area contributed by atoms with E-state index in [2.05, 4.69) is 13.8 Å². The lowest BCUT2D eigenvalue weighted by molar-refractivity contribution is -0.138. The Balaban J connectivity index is 2.65. The Kier molecular flexibility index (Phi) is 3.44. The molecule has 1 heterocycles. The zero-order valence-electron chi connectivity index (χ0n) is 8.99. The first-order chi connectivity index (χ1) is 6.56. The molecule has 78 valence electrons. The Morgan fingerprint density at radius 1 is 1.57 bits per heavy atom. The maximum Gasteiger partial charge on any atom is 0.252 e. The van der Waals surface area contributed by atoms with Gasteiger partial charge in [-0.05, 0) is 24.8 Å². The Hall–Kier alpha value is -1.12. The van der Waals surface area contributed by atoms with Gasteiger partial charge >= 0.3 is 0 Å². The molecule has 0 spiro atoms. The van der Waals surface area contributed by atoms with Gasteiger partial charge in [0.1, 0.15) is 0 Å². The summed E-state index contributed by atoms with van der Waals surface area (Å²) in [4.78, 5) is 24.3. The summed E-state index contributed by atoms with van der Waals surface area (Å²) in [5, 5.41) is 0. The van der Waals surface area contributed by atoms with Crippen LogP contribution in [0.3, 0.4) is 0 Å². The Labute approximate surface area is 84.8 Å². The minimum atomic E-state index is -0.180. The third kappa shape index (κ3) is 2.22. The molecular formula is C11H17NO2. The number of hydrogen-bond donors (Lipinski definition) is 0. The second-order valence-electron chi connectivity index (χ2n) is 4.05. The standard InChI is InChI=1S/C11H17NO2/c1-4-5-10(13)12-7-9(8(2)3)6-11(12)14/h4-5,8-9H,6-7H2,1-3H3/b5-4+. The average molecular weight is 195 g/mol. The van der Waals surface area contributed by atoms with Gasteiger partial charge in [-0.25, -0.2) is 0 Å². The van der Waals surface area contributed by atoms with Crippen molar-refractivity contribution in [1.82, 2.24) is 4.90 Å². The largest absolute Gasteiger partial charge is 0.279 e. The van der Waals surface area contributed by atoms with E-state index in [0.29, 0.717) is 24.8 Å². The Morgan fingerprint density at radius 3 is 2.64 bits per heavy atom. The van der Waals surface area contributed by atoms with Crippen molar-refractivity contribution in [3.8, 4) is 0 Å². The Morgan fingerprint density at radius 2 is 2.21 bits per heavy atom. The predicted molar refractivity (Wildman–Crippen MR) is 54.5 cm³/mol. The molecule has 1 rings (SSSR count). The molecule has 3 heteroatoms. The summed E-state index contributed by atoms with van der Waals surface area (Å²) in [6, 6.07) is 0. The number of carbonyl (C=O) groups excluding carboxylic acids is 2. The van der Waals surface area contributed by atoms with Crippen LogP contribution in [0.15, 0.2) is 12.2 Å². The van der Waals surface area contributed by atoms with Crippen molar-refractivity contribution in [2.75, 3.05) is 6.54 Å². The van der Waals surface area contributed by atoms with E-state index in [-0.39, 0.29) is 11.8 Å². The lowest BCUT2D eigenvalue weighted by Gasteiger charge is -2.14. The third-order valence-electron chi connectivity index (χ3n) is 2.67. The molecule has 1 aliphatic heterocycles. The van der Waals surface area contributed by atoms with Crippen LogP contribution in [0.1, 0.15) is 27.2 Å². The third-order valence-corrected chi connectivity index (χ3v) is 2.67. The molecule has 0 saturated carbocycles. The van der Waals surface area contributed by atoms with Gasteiger partial charge in [0.25, 0.3) is 5.91 Å². The van der Waals surface area contributed by atoms with Gasteiger partial charge in [0.05, 0.1) is 0 Å². The molecule has 14 heavy (non-hydrogen) atoms. The van der Waals surface area contributed by atoms with Crippen LogP contribution < -0.4 is 0 Å². The molecule has 0 N–H and O–H groups in total. The number of allylic oxidation sites excluding steroid dienone is 1. The van der Waals surface area contributed by atoms with Gasteiger partial charge in [0.2, 0.25) is 5.91 Å². The minimum absolute atomic E-state index is 0.0354. The molecule has 0 bridgehead atoms. The topological polar surface area (TPSA) is 37.4 Å². The van der Waals surface area contributed by atoms with Crippen LogP contribution in [-0.2, 0) is 9.59 Å². The van der Waals surface area contributed by atoms with Gasteiger partial charge in [-0.1, -0.05) is 19.9 Å². The van der Waals surface area contributed by atoms with Gasteiger partial charge in [0.15, 0.2) is 0 Å². The molecule has 1 unspecified atom stereocenters. The van der Waals surface area contributed by atoms with Crippen molar-refractivity contribution >= 4 is 11.8 Å². The molecule has 0 aromatic heterocycles. The van der Waals surface area contributed by atoms with E-state index in [1.807, 2.05) is 0 Å². The van der Waals surface area contributed by atoms with Crippen molar-refractivity contribution in [3.05, 3.63) is 12.2 Å². The molecule has 2 amide bonds. The average Bonchev–Trinajstić information content (AvgIpc) is 2.48. The van der Waals surface area contributed by atoms with E-state index in [9.17, 15) is 9.59 Å². The van der Waals surface area contributed by atoms with Crippen LogP contribution in [0.2, 0.25) is 0 Å². The van der Waals surface area contributed by atoms with Crippen molar-refractivity contribution in [3.63, 3.8) is 0 Å². The lowest BCUT2D eigenvalue weighted by Crippen LogP contribution is -2.31. The van der Waals surface area contributed by atoms with Crippen LogP contribution in [-0.4, -0.2) is 23.3 Å². The number of amides is 2. The maximum absolute atomic E-state index is 11.5. The molecule has 0 radical (unpaired) electrons. The van der Waals surface area contributed by atoms with Crippen LogP contribution in [0.4, 0.5) is 0 Å². The van der Waals surface area contributed by atoms with Crippen molar-refractivity contribution in [1.29, 1.82) is 0 Å². The molecule has 1 atom stereocenters. The summed E-state index contributed by atoms with van der Waals surface area (Å²) < 4.78 is 0. The number of rotatable bonds is 2. The number of imide groups is 1. The smallest absolute Gasteiger partial charge is 0.252 e. The van der Waals surface area contributed by atoms with E-state index in [1.54, 1.807) is 13.0 Å². The maximum atomic E-state index is 11.5. The minimum Gasteiger partial charge on any atom is -0.279 e. The second kappa shape index (κ2) is 4.40. The van der Waals surface area contributed by atoms with Crippen LogP contribution in [0.5, 0.6) is 0 Å². The number of carbonyl (C=O) groups is 2. The van der Waals surface area contributed by atoms with Crippen molar-refractivity contribution in [2.45, 2.75) is 27.2 Å². The highest BCUT2D eigenvalue weighted by molar-refractivity contribution is 6.02. The molecule has 1 aliphatic rings. The van der Waals surface area contributed by atoms with Gasteiger partial charge < -0.3 is 0 Å². The quantitative estimate of drug-likeness (QED) is 0.627.